The van der Waals surface area contributed by atoms with Crippen LogP contribution in [0.15, 0.2) is 35.4 Å². The van der Waals surface area contributed by atoms with Crippen molar-refractivity contribution in [2.45, 2.75) is 20.8 Å². The number of rotatable bonds is 4. The molecule has 128 valence electrons. The maximum absolute atomic E-state index is 12.3. The molecular formula is C17H19N7O. The SMILES string of the molecule is CNc1ccc(/C(C)=N/NC(=O)c2nc3nc(C)cc(C)n3n2)cc1. The summed E-state index contributed by atoms with van der Waals surface area (Å²) in [6.45, 7) is 5.57. The molecule has 8 heteroatoms. The number of carbonyl (C=O) groups is 1. The maximum atomic E-state index is 12.3. The second kappa shape index (κ2) is 6.68. The molecule has 2 heterocycles. The van der Waals surface area contributed by atoms with Crippen LogP contribution in [-0.4, -0.2) is 38.2 Å². The first-order valence-corrected chi connectivity index (χ1v) is 7.82. The van der Waals surface area contributed by atoms with Gasteiger partial charge in [0, 0.05) is 24.1 Å². The minimum absolute atomic E-state index is 0.0308. The topological polar surface area (TPSA) is 96.6 Å². The lowest BCUT2D eigenvalue weighted by Crippen LogP contribution is -2.20. The Morgan fingerprint density at radius 1 is 1.16 bits per heavy atom. The van der Waals surface area contributed by atoms with E-state index in [0.717, 1.165) is 22.6 Å². The van der Waals surface area contributed by atoms with Crippen molar-refractivity contribution < 1.29 is 4.79 Å². The van der Waals surface area contributed by atoms with Crippen molar-refractivity contribution in [3.63, 3.8) is 0 Å². The van der Waals surface area contributed by atoms with E-state index in [1.54, 1.807) is 0 Å². The van der Waals surface area contributed by atoms with Gasteiger partial charge in [-0.3, -0.25) is 4.79 Å². The molecule has 0 aliphatic rings. The Hall–Kier alpha value is -3.29. The summed E-state index contributed by atoms with van der Waals surface area (Å²) in [5.41, 5.74) is 6.77. The highest BCUT2D eigenvalue weighted by molar-refractivity contribution is 6.00. The third-order valence-corrected chi connectivity index (χ3v) is 3.74. The Labute approximate surface area is 145 Å². The molecule has 0 saturated carbocycles. The molecule has 0 aliphatic carbocycles. The number of aryl methyl sites for hydroxylation is 2. The lowest BCUT2D eigenvalue weighted by atomic mass is 10.1. The highest BCUT2D eigenvalue weighted by atomic mass is 16.2. The van der Waals surface area contributed by atoms with Crippen LogP contribution in [0.25, 0.3) is 5.78 Å². The molecule has 3 aromatic rings. The zero-order valence-electron chi connectivity index (χ0n) is 14.5. The fraction of sp³-hybridized carbons (Fsp3) is 0.235. The van der Waals surface area contributed by atoms with E-state index in [2.05, 4.69) is 30.9 Å². The van der Waals surface area contributed by atoms with Crippen LogP contribution in [0.1, 0.15) is 34.5 Å². The molecule has 2 N–H and O–H groups in total. The van der Waals surface area contributed by atoms with Crippen molar-refractivity contribution in [3.8, 4) is 0 Å². The number of hydrogen-bond acceptors (Lipinski definition) is 6. The third kappa shape index (κ3) is 3.47. The van der Waals surface area contributed by atoms with Crippen molar-refractivity contribution in [2.24, 2.45) is 5.10 Å². The molecule has 1 aromatic carbocycles. The van der Waals surface area contributed by atoms with Gasteiger partial charge in [-0.1, -0.05) is 12.1 Å². The number of anilines is 1. The molecule has 0 spiro atoms. The number of amides is 1. The number of aromatic nitrogens is 4. The smallest absolute Gasteiger partial charge is 0.311 e. The zero-order valence-corrected chi connectivity index (χ0v) is 14.5. The van der Waals surface area contributed by atoms with Gasteiger partial charge in [-0.05, 0) is 44.5 Å². The van der Waals surface area contributed by atoms with Crippen LogP contribution in [-0.2, 0) is 0 Å². The van der Waals surface area contributed by atoms with Gasteiger partial charge < -0.3 is 5.32 Å². The van der Waals surface area contributed by atoms with Crippen molar-refractivity contribution in [1.82, 2.24) is 25.0 Å². The highest BCUT2D eigenvalue weighted by Crippen LogP contribution is 2.09. The zero-order chi connectivity index (χ0) is 18.0. The largest absolute Gasteiger partial charge is 0.388 e. The normalized spacial score (nSPS) is 11.6. The van der Waals surface area contributed by atoms with Gasteiger partial charge in [0.2, 0.25) is 5.82 Å². The number of hydrogen-bond donors (Lipinski definition) is 2. The summed E-state index contributed by atoms with van der Waals surface area (Å²) in [4.78, 5) is 20.7. The van der Waals surface area contributed by atoms with Crippen molar-refractivity contribution in [1.29, 1.82) is 0 Å². The number of fused-ring (bicyclic) bond motifs is 1. The summed E-state index contributed by atoms with van der Waals surface area (Å²) >= 11 is 0. The predicted octanol–water partition coefficient (Wildman–Crippen LogP) is 1.94. The van der Waals surface area contributed by atoms with E-state index >= 15 is 0 Å². The van der Waals surface area contributed by atoms with E-state index in [1.165, 1.54) is 4.52 Å². The number of benzene rings is 1. The van der Waals surface area contributed by atoms with Crippen molar-refractivity contribution >= 4 is 23.1 Å². The summed E-state index contributed by atoms with van der Waals surface area (Å²) in [6, 6.07) is 9.61. The van der Waals surface area contributed by atoms with Gasteiger partial charge >= 0.3 is 5.91 Å². The molecular weight excluding hydrogens is 318 g/mol. The predicted molar refractivity (Wildman–Crippen MR) is 95.9 cm³/mol. The number of carbonyl (C=O) groups excluding carboxylic acids is 1. The molecule has 0 bridgehead atoms. The van der Waals surface area contributed by atoms with Gasteiger partial charge in [-0.25, -0.2) is 14.9 Å². The highest BCUT2D eigenvalue weighted by Gasteiger charge is 2.14. The molecule has 0 saturated heterocycles. The Morgan fingerprint density at radius 2 is 1.88 bits per heavy atom. The first kappa shape index (κ1) is 16.6. The second-order valence-electron chi connectivity index (χ2n) is 5.65. The molecule has 0 atom stereocenters. The summed E-state index contributed by atoms with van der Waals surface area (Å²) in [5, 5.41) is 11.4. The standard InChI is InChI=1S/C17H19N7O/c1-10-9-11(2)24-17(19-10)20-15(23-24)16(25)22-21-12(3)13-5-7-14(18-4)8-6-13/h5-9,18H,1-4H3,(H,22,25)/b21-12+. The summed E-state index contributed by atoms with van der Waals surface area (Å²) in [6.07, 6.45) is 0. The molecule has 1 amide bonds. The fourth-order valence-corrected chi connectivity index (χ4v) is 2.39. The summed E-state index contributed by atoms with van der Waals surface area (Å²) < 4.78 is 1.54. The summed E-state index contributed by atoms with van der Waals surface area (Å²) in [7, 11) is 1.86. The molecule has 2 aromatic heterocycles. The molecule has 25 heavy (non-hydrogen) atoms. The first-order chi connectivity index (χ1) is 12.0. The molecule has 8 nitrogen and oxygen atoms in total. The molecule has 3 rings (SSSR count). The van der Waals surface area contributed by atoms with Crippen LogP contribution in [0.2, 0.25) is 0 Å². The quantitative estimate of drug-likeness (QED) is 0.560. The third-order valence-electron chi connectivity index (χ3n) is 3.74. The van der Waals surface area contributed by atoms with Crippen LogP contribution < -0.4 is 10.7 Å². The Morgan fingerprint density at radius 3 is 2.56 bits per heavy atom. The lowest BCUT2D eigenvalue weighted by Gasteiger charge is -2.03. The first-order valence-electron chi connectivity index (χ1n) is 7.82. The van der Waals surface area contributed by atoms with E-state index < -0.39 is 5.91 Å². The molecule has 0 aliphatic heterocycles. The van der Waals surface area contributed by atoms with Gasteiger partial charge in [0.1, 0.15) is 0 Å². The van der Waals surface area contributed by atoms with E-state index in [-0.39, 0.29) is 5.82 Å². The average Bonchev–Trinajstić information content (AvgIpc) is 3.04. The van der Waals surface area contributed by atoms with Crippen molar-refractivity contribution in [2.75, 3.05) is 12.4 Å². The van der Waals surface area contributed by atoms with Crippen molar-refractivity contribution in [3.05, 3.63) is 53.1 Å². The van der Waals surface area contributed by atoms with Gasteiger partial charge in [0.25, 0.3) is 5.78 Å². The van der Waals surface area contributed by atoms with Crippen LogP contribution in [0.4, 0.5) is 5.69 Å². The minimum atomic E-state index is -0.478. The second-order valence-corrected chi connectivity index (χ2v) is 5.65. The van der Waals surface area contributed by atoms with Gasteiger partial charge in [0.15, 0.2) is 0 Å². The van der Waals surface area contributed by atoms with Crippen LogP contribution in [0.5, 0.6) is 0 Å². The summed E-state index contributed by atoms with van der Waals surface area (Å²) in [5.74, 6) is -0.0527. The van der Waals surface area contributed by atoms with E-state index in [0.29, 0.717) is 11.5 Å². The minimum Gasteiger partial charge on any atom is -0.388 e. The van der Waals surface area contributed by atoms with Gasteiger partial charge in [0.05, 0.1) is 5.71 Å². The lowest BCUT2D eigenvalue weighted by molar-refractivity contribution is 0.0944. The van der Waals surface area contributed by atoms with Crippen LogP contribution in [0, 0.1) is 13.8 Å². The van der Waals surface area contributed by atoms with Crippen LogP contribution in [0.3, 0.4) is 0 Å². The molecule has 0 unspecified atom stereocenters. The number of nitrogens with zero attached hydrogens (tertiary/aromatic N) is 5. The number of nitrogens with one attached hydrogen (secondary N) is 2. The molecule has 0 radical (unpaired) electrons. The maximum Gasteiger partial charge on any atom is 0.311 e. The van der Waals surface area contributed by atoms with E-state index in [1.807, 2.05) is 58.2 Å². The molecule has 0 fully saturated rings. The fourth-order valence-electron chi connectivity index (χ4n) is 2.39. The van der Waals surface area contributed by atoms with E-state index in [4.69, 9.17) is 0 Å². The average molecular weight is 337 g/mol. The Kier molecular flexibility index (Phi) is 4.42. The number of hydrazone groups is 1. The Bertz CT molecular complexity index is 957. The van der Waals surface area contributed by atoms with Gasteiger partial charge in [-0.2, -0.15) is 10.1 Å². The van der Waals surface area contributed by atoms with Gasteiger partial charge in [-0.15, -0.1) is 5.10 Å². The van der Waals surface area contributed by atoms with Crippen LogP contribution >= 0.6 is 0 Å². The monoisotopic (exact) mass is 337 g/mol. The Balaban J connectivity index is 1.78. The van der Waals surface area contributed by atoms with E-state index in [9.17, 15) is 4.79 Å².